The molecule has 1 aliphatic carbocycles. The molecular weight excluding hydrogens is 455 g/mol. The maximum atomic E-state index is 13.7. The van der Waals surface area contributed by atoms with Crippen LogP contribution in [0.1, 0.15) is 17.7 Å². The Kier molecular flexibility index (Phi) is 5.19. The van der Waals surface area contributed by atoms with Crippen LogP contribution in [0.2, 0.25) is 0 Å². The average Bonchev–Trinajstić information content (AvgIpc) is 3.19. The Morgan fingerprint density at radius 3 is 2.39 bits per heavy atom. The molecule has 1 aromatic heterocycles. The predicted octanol–water partition coefficient (Wildman–Crippen LogP) is 3.30. The highest BCUT2D eigenvalue weighted by Crippen LogP contribution is 2.45. The second-order valence-corrected chi connectivity index (χ2v) is 10.4. The summed E-state index contributed by atoms with van der Waals surface area (Å²) in [6, 6.07) is 8.12. The quantitative estimate of drug-likeness (QED) is 0.629. The molecule has 0 unspecified atom stereocenters. The van der Waals surface area contributed by atoms with Gasteiger partial charge in [0.05, 0.1) is 29.1 Å². The SMILES string of the molecule is O=S(=O)(c1cc(F)cc(F)c1)N1CCC2=Cc3c(cnn3-c3ccc(F)cc3)C[C@]2(CO)C1. The molecule has 2 aromatic carbocycles. The number of hydrogen-bond donors (Lipinski definition) is 1. The van der Waals surface area contributed by atoms with Gasteiger partial charge in [0.2, 0.25) is 10.0 Å². The van der Waals surface area contributed by atoms with Crippen LogP contribution >= 0.6 is 0 Å². The number of halogens is 3. The van der Waals surface area contributed by atoms with E-state index in [0.717, 1.165) is 29.0 Å². The summed E-state index contributed by atoms with van der Waals surface area (Å²) < 4.78 is 69.8. The number of aliphatic hydroxyl groups is 1. The zero-order valence-corrected chi connectivity index (χ0v) is 18.2. The van der Waals surface area contributed by atoms with Gasteiger partial charge < -0.3 is 5.11 Å². The van der Waals surface area contributed by atoms with Gasteiger partial charge in [0.25, 0.3) is 0 Å². The standard InChI is InChI=1S/C23H20F3N3O3S/c24-17-1-3-20(4-2-17)29-22-7-16-5-6-28(13-23(16,14-30)11-15(22)12-27-29)33(31,32)21-9-18(25)8-19(26)10-21/h1-4,7-10,12,30H,5-6,11,13-14H2/t23-/m1/s1. The summed E-state index contributed by atoms with van der Waals surface area (Å²) in [4.78, 5) is -0.457. The van der Waals surface area contributed by atoms with Crippen molar-refractivity contribution in [2.45, 2.75) is 17.7 Å². The monoisotopic (exact) mass is 475 g/mol. The van der Waals surface area contributed by atoms with E-state index >= 15 is 0 Å². The molecule has 33 heavy (non-hydrogen) atoms. The first kappa shape index (κ1) is 21.9. The van der Waals surface area contributed by atoms with Crippen LogP contribution in [0.3, 0.4) is 0 Å². The van der Waals surface area contributed by atoms with Gasteiger partial charge in [-0.25, -0.2) is 26.3 Å². The average molecular weight is 475 g/mol. The molecule has 2 aliphatic rings. The van der Waals surface area contributed by atoms with E-state index in [1.807, 2.05) is 6.08 Å². The second-order valence-electron chi connectivity index (χ2n) is 8.42. The number of fused-ring (bicyclic) bond motifs is 2. The number of aromatic nitrogens is 2. The van der Waals surface area contributed by atoms with Gasteiger partial charge in [0.1, 0.15) is 17.5 Å². The Labute approximate surface area is 188 Å². The third-order valence-corrected chi connectivity index (χ3v) is 8.19. The molecule has 172 valence electrons. The molecule has 3 aromatic rings. The van der Waals surface area contributed by atoms with Gasteiger partial charge in [-0.15, -0.1) is 0 Å². The number of rotatable bonds is 4. The zero-order chi connectivity index (χ0) is 23.4. The third-order valence-electron chi connectivity index (χ3n) is 6.36. The summed E-state index contributed by atoms with van der Waals surface area (Å²) in [6.07, 6.45) is 4.23. The van der Waals surface area contributed by atoms with E-state index in [2.05, 4.69) is 5.10 Å². The van der Waals surface area contributed by atoms with Crippen molar-refractivity contribution in [1.29, 1.82) is 0 Å². The number of benzene rings is 2. The number of aliphatic hydroxyl groups excluding tert-OH is 1. The Bertz CT molecular complexity index is 1350. The molecule has 0 amide bonds. The van der Waals surface area contributed by atoms with Crippen LogP contribution < -0.4 is 0 Å². The molecule has 0 bridgehead atoms. The summed E-state index contributed by atoms with van der Waals surface area (Å²) in [5, 5.41) is 14.8. The Morgan fingerprint density at radius 1 is 1.03 bits per heavy atom. The van der Waals surface area contributed by atoms with Gasteiger partial charge in [0, 0.05) is 24.6 Å². The van der Waals surface area contributed by atoms with E-state index in [9.17, 15) is 26.7 Å². The first-order chi connectivity index (χ1) is 15.7. The van der Waals surface area contributed by atoms with Crippen molar-refractivity contribution in [2.75, 3.05) is 19.7 Å². The van der Waals surface area contributed by atoms with Crippen molar-refractivity contribution < 1.29 is 26.7 Å². The molecule has 0 spiro atoms. The van der Waals surface area contributed by atoms with Crippen molar-refractivity contribution in [3.63, 3.8) is 0 Å². The van der Waals surface area contributed by atoms with Crippen LogP contribution in [0.25, 0.3) is 11.8 Å². The lowest BCUT2D eigenvalue weighted by Crippen LogP contribution is -2.51. The van der Waals surface area contributed by atoms with E-state index in [-0.39, 0.29) is 25.5 Å². The van der Waals surface area contributed by atoms with Crippen molar-refractivity contribution in [2.24, 2.45) is 5.41 Å². The Balaban J connectivity index is 1.50. The van der Waals surface area contributed by atoms with Gasteiger partial charge in [-0.2, -0.15) is 9.40 Å². The summed E-state index contributed by atoms with van der Waals surface area (Å²) in [7, 11) is -4.17. The topological polar surface area (TPSA) is 75.4 Å². The number of hydrogen-bond acceptors (Lipinski definition) is 4. The smallest absolute Gasteiger partial charge is 0.243 e. The molecule has 1 aliphatic heterocycles. The van der Waals surface area contributed by atoms with Crippen LogP contribution in [0.15, 0.2) is 59.1 Å². The van der Waals surface area contributed by atoms with Gasteiger partial charge >= 0.3 is 0 Å². The fraction of sp³-hybridized carbons (Fsp3) is 0.261. The Hall–Kier alpha value is -2.95. The summed E-state index contributed by atoms with van der Waals surface area (Å²) >= 11 is 0. The minimum Gasteiger partial charge on any atom is -0.395 e. The minimum atomic E-state index is -4.17. The third kappa shape index (κ3) is 3.68. The number of piperidine rings is 1. The van der Waals surface area contributed by atoms with E-state index in [1.54, 1.807) is 23.0 Å². The molecule has 2 heterocycles. The lowest BCUT2D eigenvalue weighted by atomic mass is 9.69. The van der Waals surface area contributed by atoms with Crippen molar-refractivity contribution >= 4 is 16.1 Å². The Morgan fingerprint density at radius 2 is 1.73 bits per heavy atom. The highest BCUT2D eigenvalue weighted by molar-refractivity contribution is 7.89. The molecule has 1 fully saturated rings. The molecule has 1 saturated heterocycles. The molecule has 10 heteroatoms. The van der Waals surface area contributed by atoms with Crippen molar-refractivity contribution in [1.82, 2.24) is 14.1 Å². The largest absolute Gasteiger partial charge is 0.395 e. The highest BCUT2D eigenvalue weighted by atomic mass is 32.2. The van der Waals surface area contributed by atoms with Crippen LogP contribution in [0, 0.1) is 22.9 Å². The van der Waals surface area contributed by atoms with Crippen LogP contribution in [0.4, 0.5) is 13.2 Å². The lowest BCUT2D eigenvalue weighted by molar-refractivity contribution is 0.111. The van der Waals surface area contributed by atoms with E-state index in [4.69, 9.17) is 0 Å². The maximum Gasteiger partial charge on any atom is 0.243 e. The highest BCUT2D eigenvalue weighted by Gasteiger charge is 2.45. The van der Waals surface area contributed by atoms with Crippen LogP contribution in [-0.2, 0) is 16.4 Å². The van der Waals surface area contributed by atoms with E-state index in [1.165, 1.54) is 16.4 Å². The molecule has 5 rings (SSSR count). The number of sulfonamides is 1. The fourth-order valence-corrected chi connectivity index (χ4v) is 6.23. The van der Waals surface area contributed by atoms with Crippen molar-refractivity contribution in [3.05, 3.63) is 82.9 Å². The van der Waals surface area contributed by atoms with Crippen LogP contribution in [0.5, 0.6) is 0 Å². The van der Waals surface area contributed by atoms with Gasteiger partial charge in [0.15, 0.2) is 0 Å². The molecule has 1 N–H and O–H groups in total. The van der Waals surface area contributed by atoms with Gasteiger partial charge in [-0.3, -0.25) is 0 Å². The van der Waals surface area contributed by atoms with Gasteiger partial charge in [-0.05, 0) is 60.9 Å². The fourth-order valence-electron chi connectivity index (χ4n) is 4.66. The molecule has 1 atom stereocenters. The lowest BCUT2D eigenvalue weighted by Gasteiger charge is -2.45. The number of nitrogens with zero attached hydrogens (tertiary/aromatic N) is 3. The van der Waals surface area contributed by atoms with E-state index < -0.39 is 32.0 Å². The predicted molar refractivity (Wildman–Crippen MR) is 114 cm³/mol. The normalized spacial score (nSPS) is 20.8. The molecule has 0 radical (unpaired) electrons. The molecular formula is C23H20F3N3O3S. The zero-order valence-electron chi connectivity index (χ0n) is 17.4. The summed E-state index contributed by atoms with van der Waals surface area (Å²) in [5.41, 5.74) is 2.29. The second kappa shape index (κ2) is 7.82. The van der Waals surface area contributed by atoms with Gasteiger partial charge in [-0.1, -0.05) is 5.57 Å². The first-order valence-electron chi connectivity index (χ1n) is 10.3. The molecule has 6 nitrogen and oxygen atoms in total. The molecule has 0 saturated carbocycles. The maximum absolute atomic E-state index is 13.7. The van der Waals surface area contributed by atoms with E-state index in [0.29, 0.717) is 24.6 Å². The minimum absolute atomic E-state index is 0.0308. The summed E-state index contributed by atoms with van der Waals surface area (Å²) in [6.45, 7) is -0.228. The first-order valence-corrected chi connectivity index (χ1v) is 11.8. The van der Waals surface area contributed by atoms with Crippen LogP contribution in [-0.4, -0.2) is 47.3 Å². The van der Waals surface area contributed by atoms with Crippen molar-refractivity contribution in [3.8, 4) is 5.69 Å². The summed E-state index contributed by atoms with van der Waals surface area (Å²) in [5.74, 6) is -2.30.